The third-order valence-corrected chi connectivity index (χ3v) is 6.15. The topological polar surface area (TPSA) is 78.7 Å². The molecule has 1 aliphatic carbocycles. The molecule has 2 aliphatic rings. The van der Waals surface area contributed by atoms with Crippen molar-refractivity contribution in [1.82, 2.24) is 10.2 Å². The van der Waals surface area contributed by atoms with Gasteiger partial charge in [0.25, 0.3) is 5.69 Å². The molecule has 1 aliphatic heterocycles. The van der Waals surface area contributed by atoms with Crippen LogP contribution in [0.5, 0.6) is 0 Å². The molecule has 1 N–H and O–H groups in total. The minimum absolute atomic E-state index is 0.0182. The molecule has 158 valence electrons. The van der Waals surface area contributed by atoms with Gasteiger partial charge < -0.3 is 10.2 Å². The number of carbonyl (C=O) groups is 1. The number of nitrogens with zero attached hydrogens (tertiary/aromatic N) is 3. The Kier molecular flexibility index (Phi) is 6.20. The van der Waals surface area contributed by atoms with Crippen molar-refractivity contribution in [2.45, 2.75) is 25.3 Å². The molecule has 2 aromatic carbocycles. The monoisotopic (exact) mass is 428 g/mol. The van der Waals surface area contributed by atoms with Gasteiger partial charge in [0.2, 0.25) is 5.91 Å². The molecule has 1 amide bonds. The van der Waals surface area contributed by atoms with Crippen molar-refractivity contribution in [3.05, 3.63) is 68.7 Å². The molecular formula is C22H25ClN4O3. The second kappa shape index (κ2) is 9.02. The number of benzene rings is 2. The highest BCUT2D eigenvalue weighted by molar-refractivity contribution is 6.30. The smallest absolute Gasteiger partial charge is 0.294 e. The van der Waals surface area contributed by atoms with E-state index in [0.29, 0.717) is 43.4 Å². The molecule has 1 fully saturated rings. The van der Waals surface area contributed by atoms with E-state index in [2.05, 4.69) is 22.3 Å². The van der Waals surface area contributed by atoms with Gasteiger partial charge in [-0.15, -0.1) is 0 Å². The lowest BCUT2D eigenvalue weighted by Crippen LogP contribution is -2.50. The third-order valence-electron chi connectivity index (χ3n) is 5.92. The Hall–Kier alpha value is -2.64. The van der Waals surface area contributed by atoms with E-state index >= 15 is 0 Å². The summed E-state index contributed by atoms with van der Waals surface area (Å²) >= 11 is 5.92. The van der Waals surface area contributed by atoms with E-state index in [1.54, 1.807) is 12.1 Å². The highest BCUT2D eigenvalue weighted by Gasteiger charge is 2.26. The van der Waals surface area contributed by atoms with Gasteiger partial charge in [0.1, 0.15) is 5.69 Å². The SMILES string of the molecule is O=C(CN1CCN(c2ccc(Cl)cc2[N+](=O)[O-])CC1)NC1CCCc2ccccc21. The van der Waals surface area contributed by atoms with Gasteiger partial charge in [-0.25, -0.2) is 0 Å². The number of fused-ring (bicyclic) bond motifs is 1. The molecule has 4 rings (SSSR count). The van der Waals surface area contributed by atoms with Gasteiger partial charge in [0, 0.05) is 37.3 Å². The van der Waals surface area contributed by atoms with Crippen molar-refractivity contribution in [2.75, 3.05) is 37.6 Å². The zero-order chi connectivity index (χ0) is 21.1. The maximum absolute atomic E-state index is 12.7. The first-order chi connectivity index (χ1) is 14.5. The molecule has 0 aromatic heterocycles. The summed E-state index contributed by atoms with van der Waals surface area (Å²) in [6, 6.07) is 13.2. The predicted molar refractivity (Wildman–Crippen MR) is 117 cm³/mol. The Bertz CT molecular complexity index is 944. The number of rotatable bonds is 5. The summed E-state index contributed by atoms with van der Waals surface area (Å²) in [6.45, 7) is 2.95. The summed E-state index contributed by atoms with van der Waals surface area (Å²) < 4.78 is 0. The Labute approximate surface area is 180 Å². The van der Waals surface area contributed by atoms with E-state index in [1.165, 1.54) is 17.2 Å². The number of nitrogens with one attached hydrogen (secondary N) is 1. The summed E-state index contributed by atoms with van der Waals surface area (Å²) in [5.74, 6) is 0.0302. The number of piperazine rings is 1. The zero-order valence-corrected chi connectivity index (χ0v) is 17.5. The molecule has 2 aromatic rings. The number of halogens is 1. The fourth-order valence-electron chi connectivity index (χ4n) is 4.40. The average molecular weight is 429 g/mol. The van der Waals surface area contributed by atoms with E-state index < -0.39 is 4.92 Å². The number of aryl methyl sites for hydroxylation is 1. The van der Waals surface area contributed by atoms with Crippen LogP contribution >= 0.6 is 11.6 Å². The van der Waals surface area contributed by atoms with Crippen molar-refractivity contribution in [1.29, 1.82) is 0 Å². The maximum Gasteiger partial charge on any atom is 0.294 e. The first kappa shape index (κ1) is 20.6. The van der Waals surface area contributed by atoms with Crippen molar-refractivity contribution >= 4 is 28.9 Å². The van der Waals surface area contributed by atoms with Crippen LogP contribution in [-0.2, 0) is 11.2 Å². The highest BCUT2D eigenvalue weighted by Crippen LogP contribution is 2.32. The zero-order valence-electron chi connectivity index (χ0n) is 16.7. The van der Waals surface area contributed by atoms with Crippen molar-refractivity contribution < 1.29 is 9.72 Å². The van der Waals surface area contributed by atoms with E-state index in [4.69, 9.17) is 11.6 Å². The van der Waals surface area contributed by atoms with Crippen LogP contribution in [0, 0.1) is 10.1 Å². The molecule has 0 radical (unpaired) electrons. The van der Waals surface area contributed by atoms with Crippen molar-refractivity contribution in [3.8, 4) is 0 Å². The Morgan fingerprint density at radius 1 is 1.17 bits per heavy atom. The summed E-state index contributed by atoms with van der Waals surface area (Å²) in [4.78, 5) is 27.7. The van der Waals surface area contributed by atoms with Gasteiger partial charge in [-0.05, 0) is 42.5 Å². The third kappa shape index (κ3) is 4.57. The van der Waals surface area contributed by atoms with Crippen molar-refractivity contribution in [3.63, 3.8) is 0 Å². The van der Waals surface area contributed by atoms with Crippen LogP contribution in [0.2, 0.25) is 5.02 Å². The second-order valence-corrected chi connectivity index (χ2v) is 8.30. The normalized spacial score (nSPS) is 19.2. The number of nitro groups is 1. The van der Waals surface area contributed by atoms with Gasteiger partial charge >= 0.3 is 0 Å². The lowest BCUT2D eigenvalue weighted by molar-refractivity contribution is -0.384. The lowest BCUT2D eigenvalue weighted by atomic mass is 9.88. The van der Waals surface area contributed by atoms with Crippen LogP contribution < -0.4 is 10.2 Å². The highest BCUT2D eigenvalue weighted by atomic mass is 35.5. The van der Waals surface area contributed by atoms with E-state index in [-0.39, 0.29) is 17.6 Å². The molecule has 0 bridgehead atoms. The molecule has 1 atom stereocenters. The second-order valence-electron chi connectivity index (χ2n) is 7.86. The fourth-order valence-corrected chi connectivity index (χ4v) is 4.57. The quantitative estimate of drug-likeness (QED) is 0.581. The van der Waals surface area contributed by atoms with Crippen LogP contribution in [0.25, 0.3) is 0 Å². The molecular weight excluding hydrogens is 404 g/mol. The summed E-state index contributed by atoms with van der Waals surface area (Å²) in [5, 5.41) is 14.9. The van der Waals surface area contributed by atoms with Gasteiger partial charge in [-0.3, -0.25) is 19.8 Å². The lowest BCUT2D eigenvalue weighted by Gasteiger charge is -2.36. The van der Waals surface area contributed by atoms with Gasteiger partial charge in [0.05, 0.1) is 17.5 Å². The van der Waals surface area contributed by atoms with E-state index in [9.17, 15) is 14.9 Å². The predicted octanol–water partition coefficient (Wildman–Crippen LogP) is 3.56. The van der Waals surface area contributed by atoms with Crippen molar-refractivity contribution in [2.24, 2.45) is 0 Å². The first-order valence-corrected chi connectivity index (χ1v) is 10.7. The van der Waals surface area contributed by atoms with Gasteiger partial charge in [-0.2, -0.15) is 0 Å². The summed E-state index contributed by atoms with van der Waals surface area (Å²) in [7, 11) is 0. The average Bonchev–Trinajstić information content (AvgIpc) is 2.74. The van der Waals surface area contributed by atoms with E-state index in [0.717, 1.165) is 19.3 Å². The molecule has 1 heterocycles. The standard InChI is InChI=1S/C22H25ClN4O3/c23-17-8-9-20(21(14-17)27(29)30)26-12-10-25(11-13-26)15-22(28)24-19-7-3-5-16-4-1-2-6-18(16)19/h1-2,4,6,8-9,14,19H,3,5,7,10-13,15H2,(H,24,28). The fraction of sp³-hybridized carbons (Fsp3) is 0.409. The summed E-state index contributed by atoms with van der Waals surface area (Å²) in [6.07, 6.45) is 3.12. The van der Waals surface area contributed by atoms with Crippen LogP contribution in [0.4, 0.5) is 11.4 Å². The molecule has 8 heteroatoms. The number of hydrogen-bond donors (Lipinski definition) is 1. The van der Waals surface area contributed by atoms with Crippen LogP contribution in [0.15, 0.2) is 42.5 Å². The summed E-state index contributed by atoms with van der Waals surface area (Å²) in [5.41, 5.74) is 3.15. The molecule has 1 unspecified atom stereocenters. The van der Waals surface area contributed by atoms with Crippen LogP contribution in [-0.4, -0.2) is 48.5 Å². The molecule has 0 saturated carbocycles. The molecule has 30 heavy (non-hydrogen) atoms. The number of nitro benzene ring substituents is 1. The molecule has 0 spiro atoms. The Balaban J connectivity index is 1.33. The molecule has 7 nitrogen and oxygen atoms in total. The number of carbonyl (C=O) groups excluding carboxylic acids is 1. The minimum atomic E-state index is -0.400. The number of amides is 1. The molecule has 1 saturated heterocycles. The van der Waals surface area contributed by atoms with Crippen LogP contribution in [0.1, 0.15) is 30.0 Å². The Morgan fingerprint density at radius 2 is 1.93 bits per heavy atom. The first-order valence-electron chi connectivity index (χ1n) is 10.3. The Morgan fingerprint density at radius 3 is 2.70 bits per heavy atom. The minimum Gasteiger partial charge on any atom is -0.363 e. The van der Waals surface area contributed by atoms with Crippen LogP contribution in [0.3, 0.4) is 0 Å². The largest absolute Gasteiger partial charge is 0.363 e. The number of anilines is 1. The van der Waals surface area contributed by atoms with Gasteiger partial charge in [0.15, 0.2) is 0 Å². The maximum atomic E-state index is 12.7. The van der Waals surface area contributed by atoms with E-state index in [1.807, 2.05) is 17.0 Å². The van der Waals surface area contributed by atoms with Gasteiger partial charge in [-0.1, -0.05) is 35.9 Å². The number of hydrogen-bond acceptors (Lipinski definition) is 5.